The standard InChI is InChI=1S/C14H16BrN5O/c15-11-7-10(16)1-2-12(11)18-14(21)9-19-5-6-20-4-3-17-13(20)8-19/h1-4,7H,5-6,8-9,16H2,(H,18,21). The van der Waals surface area contributed by atoms with Gasteiger partial charge < -0.3 is 15.6 Å². The first-order chi connectivity index (χ1) is 10.1. The zero-order chi connectivity index (χ0) is 14.8. The van der Waals surface area contributed by atoms with Crippen LogP contribution in [0.1, 0.15) is 5.82 Å². The van der Waals surface area contributed by atoms with Crippen LogP contribution in [0.2, 0.25) is 0 Å². The number of nitrogens with zero attached hydrogens (tertiary/aromatic N) is 3. The van der Waals surface area contributed by atoms with Gasteiger partial charge >= 0.3 is 0 Å². The molecule has 0 radical (unpaired) electrons. The van der Waals surface area contributed by atoms with E-state index in [1.165, 1.54) is 0 Å². The van der Waals surface area contributed by atoms with Gasteiger partial charge in [0, 0.05) is 35.6 Å². The third kappa shape index (κ3) is 3.25. The van der Waals surface area contributed by atoms with E-state index in [0.29, 0.717) is 18.8 Å². The summed E-state index contributed by atoms with van der Waals surface area (Å²) in [5, 5.41) is 2.89. The minimum atomic E-state index is -0.0412. The highest BCUT2D eigenvalue weighted by Crippen LogP contribution is 2.24. The van der Waals surface area contributed by atoms with Crippen molar-refractivity contribution in [2.45, 2.75) is 13.1 Å². The van der Waals surface area contributed by atoms with Gasteiger partial charge in [0.25, 0.3) is 0 Å². The SMILES string of the molecule is Nc1ccc(NC(=O)CN2CCn3ccnc3C2)c(Br)c1. The molecule has 0 saturated heterocycles. The first kappa shape index (κ1) is 14.1. The van der Waals surface area contributed by atoms with Crippen LogP contribution in [-0.4, -0.2) is 33.4 Å². The fourth-order valence-electron chi connectivity index (χ4n) is 2.38. The largest absolute Gasteiger partial charge is 0.399 e. The van der Waals surface area contributed by atoms with Gasteiger partial charge in [-0.15, -0.1) is 0 Å². The number of anilines is 2. The van der Waals surface area contributed by atoms with Crippen LogP contribution < -0.4 is 11.1 Å². The molecule has 0 unspecified atom stereocenters. The van der Waals surface area contributed by atoms with Gasteiger partial charge in [-0.2, -0.15) is 0 Å². The summed E-state index contributed by atoms with van der Waals surface area (Å²) in [6.45, 7) is 2.76. The Hall–Kier alpha value is -1.86. The molecule has 6 nitrogen and oxygen atoms in total. The number of nitrogen functional groups attached to an aromatic ring is 1. The molecule has 2 heterocycles. The molecule has 110 valence electrons. The monoisotopic (exact) mass is 349 g/mol. The van der Waals surface area contributed by atoms with E-state index < -0.39 is 0 Å². The summed E-state index contributed by atoms with van der Waals surface area (Å²) in [7, 11) is 0. The van der Waals surface area contributed by atoms with Crippen LogP contribution in [0.5, 0.6) is 0 Å². The fraction of sp³-hybridized carbons (Fsp3) is 0.286. The van der Waals surface area contributed by atoms with Crippen molar-refractivity contribution in [2.24, 2.45) is 0 Å². The fourth-order valence-corrected chi connectivity index (χ4v) is 2.88. The second-order valence-electron chi connectivity index (χ2n) is 5.03. The highest BCUT2D eigenvalue weighted by atomic mass is 79.9. The number of rotatable bonds is 3. The number of imidazole rings is 1. The Kier molecular flexibility index (Phi) is 3.94. The van der Waals surface area contributed by atoms with Crippen molar-refractivity contribution in [3.05, 3.63) is 40.9 Å². The molecule has 1 aromatic heterocycles. The van der Waals surface area contributed by atoms with Crippen LogP contribution in [0.25, 0.3) is 0 Å². The summed E-state index contributed by atoms with van der Waals surface area (Å²) in [5.41, 5.74) is 7.07. The minimum Gasteiger partial charge on any atom is -0.399 e. The first-order valence-electron chi connectivity index (χ1n) is 6.69. The van der Waals surface area contributed by atoms with Gasteiger partial charge in [0.15, 0.2) is 0 Å². The zero-order valence-corrected chi connectivity index (χ0v) is 13.0. The number of amides is 1. The molecule has 0 fully saturated rings. The van der Waals surface area contributed by atoms with Gasteiger partial charge in [0.2, 0.25) is 5.91 Å². The summed E-state index contributed by atoms with van der Waals surface area (Å²) in [6.07, 6.45) is 3.77. The molecule has 1 aromatic carbocycles. The number of aromatic nitrogens is 2. The van der Waals surface area contributed by atoms with Crippen LogP contribution >= 0.6 is 15.9 Å². The van der Waals surface area contributed by atoms with Crippen LogP contribution in [-0.2, 0) is 17.9 Å². The van der Waals surface area contributed by atoms with Gasteiger partial charge in [-0.25, -0.2) is 4.98 Å². The molecule has 21 heavy (non-hydrogen) atoms. The van der Waals surface area contributed by atoms with Crippen molar-refractivity contribution in [2.75, 3.05) is 24.1 Å². The highest BCUT2D eigenvalue weighted by molar-refractivity contribution is 9.10. The molecule has 0 atom stereocenters. The third-order valence-electron chi connectivity index (χ3n) is 3.46. The van der Waals surface area contributed by atoms with Gasteiger partial charge in [-0.05, 0) is 34.1 Å². The van der Waals surface area contributed by atoms with Crippen molar-refractivity contribution in [3.63, 3.8) is 0 Å². The predicted octanol–water partition coefficient (Wildman–Crippen LogP) is 1.68. The van der Waals surface area contributed by atoms with E-state index in [9.17, 15) is 4.79 Å². The molecule has 7 heteroatoms. The number of hydrogen-bond acceptors (Lipinski definition) is 4. The Morgan fingerprint density at radius 3 is 3.10 bits per heavy atom. The van der Waals surface area contributed by atoms with Crippen molar-refractivity contribution in [1.82, 2.24) is 14.5 Å². The Morgan fingerprint density at radius 2 is 2.29 bits per heavy atom. The van der Waals surface area contributed by atoms with Crippen molar-refractivity contribution >= 4 is 33.2 Å². The van der Waals surface area contributed by atoms with E-state index >= 15 is 0 Å². The van der Waals surface area contributed by atoms with Crippen LogP contribution in [0.15, 0.2) is 35.1 Å². The Balaban J connectivity index is 1.60. The highest BCUT2D eigenvalue weighted by Gasteiger charge is 2.19. The average Bonchev–Trinajstić information content (AvgIpc) is 2.89. The molecule has 0 spiro atoms. The molecular formula is C14H16BrN5O. The number of hydrogen-bond donors (Lipinski definition) is 2. The molecule has 3 rings (SSSR count). The predicted molar refractivity (Wildman–Crippen MR) is 84.7 cm³/mol. The van der Waals surface area contributed by atoms with Crippen LogP contribution in [0.4, 0.5) is 11.4 Å². The average molecular weight is 350 g/mol. The molecule has 2 aromatic rings. The van der Waals surface area contributed by atoms with Gasteiger partial charge in [-0.3, -0.25) is 9.69 Å². The second-order valence-corrected chi connectivity index (χ2v) is 5.89. The second kappa shape index (κ2) is 5.87. The van der Waals surface area contributed by atoms with E-state index in [2.05, 4.69) is 35.7 Å². The van der Waals surface area contributed by atoms with Gasteiger partial charge in [0.05, 0.1) is 18.8 Å². The third-order valence-corrected chi connectivity index (χ3v) is 4.11. The summed E-state index contributed by atoms with van der Waals surface area (Å²) < 4.78 is 2.90. The maximum atomic E-state index is 12.1. The minimum absolute atomic E-state index is 0.0412. The lowest BCUT2D eigenvalue weighted by Crippen LogP contribution is -2.39. The molecule has 0 saturated carbocycles. The number of benzene rings is 1. The quantitative estimate of drug-likeness (QED) is 0.826. The lowest BCUT2D eigenvalue weighted by atomic mass is 10.3. The Morgan fingerprint density at radius 1 is 1.43 bits per heavy atom. The topological polar surface area (TPSA) is 76.2 Å². The van der Waals surface area contributed by atoms with E-state index in [4.69, 9.17) is 5.73 Å². The molecule has 1 aliphatic heterocycles. The smallest absolute Gasteiger partial charge is 0.238 e. The maximum Gasteiger partial charge on any atom is 0.238 e. The summed E-state index contributed by atoms with van der Waals surface area (Å²) >= 11 is 3.40. The molecule has 3 N–H and O–H groups in total. The van der Waals surface area contributed by atoms with E-state index in [0.717, 1.165) is 29.1 Å². The number of carbonyl (C=O) groups excluding carboxylic acids is 1. The normalized spacial score (nSPS) is 14.7. The van der Waals surface area contributed by atoms with Gasteiger partial charge in [-0.1, -0.05) is 0 Å². The molecule has 0 bridgehead atoms. The molecule has 1 aliphatic rings. The summed E-state index contributed by atoms with van der Waals surface area (Å²) in [5.74, 6) is 0.961. The van der Waals surface area contributed by atoms with Crippen molar-refractivity contribution in [3.8, 4) is 0 Å². The lowest BCUT2D eigenvalue weighted by Gasteiger charge is -2.26. The van der Waals surface area contributed by atoms with Gasteiger partial charge in [0.1, 0.15) is 5.82 Å². The summed E-state index contributed by atoms with van der Waals surface area (Å²) in [4.78, 5) is 18.5. The van der Waals surface area contributed by atoms with Crippen molar-refractivity contribution < 1.29 is 4.79 Å². The molecular weight excluding hydrogens is 334 g/mol. The number of fused-ring (bicyclic) bond motifs is 1. The lowest BCUT2D eigenvalue weighted by molar-refractivity contribution is -0.117. The zero-order valence-electron chi connectivity index (χ0n) is 11.4. The number of carbonyl (C=O) groups is 1. The van der Waals surface area contributed by atoms with Crippen LogP contribution in [0.3, 0.4) is 0 Å². The van der Waals surface area contributed by atoms with E-state index in [1.54, 1.807) is 24.4 Å². The molecule has 0 aliphatic carbocycles. The van der Waals surface area contributed by atoms with E-state index in [-0.39, 0.29) is 5.91 Å². The first-order valence-corrected chi connectivity index (χ1v) is 7.48. The van der Waals surface area contributed by atoms with E-state index in [1.807, 2.05) is 6.20 Å². The number of halogens is 1. The summed E-state index contributed by atoms with van der Waals surface area (Å²) in [6, 6.07) is 5.33. The maximum absolute atomic E-state index is 12.1. The van der Waals surface area contributed by atoms with Crippen molar-refractivity contribution in [1.29, 1.82) is 0 Å². The number of nitrogens with two attached hydrogens (primary N) is 1. The number of nitrogens with one attached hydrogen (secondary N) is 1. The molecule has 1 amide bonds. The van der Waals surface area contributed by atoms with Crippen LogP contribution in [0, 0.1) is 0 Å². The Labute approximate surface area is 131 Å². The Bertz CT molecular complexity index is 669.